The first-order chi connectivity index (χ1) is 10.2. The Bertz CT molecular complexity index is 644. The van der Waals surface area contributed by atoms with E-state index in [2.05, 4.69) is 15.9 Å². The summed E-state index contributed by atoms with van der Waals surface area (Å²) in [6.07, 6.45) is 0.670. The van der Waals surface area contributed by atoms with Crippen molar-refractivity contribution in [3.05, 3.63) is 58.1 Å². The molecule has 2 N–H and O–H groups in total. The summed E-state index contributed by atoms with van der Waals surface area (Å²) < 4.78 is 12.9. The van der Waals surface area contributed by atoms with E-state index in [1.165, 1.54) is 0 Å². The van der Waals surface area contributed by atoms with Crippen LogP contribution in [0.1, 0.15) is 36.6 Å². The number of nitrogens with two attached hydrogens (primary N) is 1. The molecule has 21 heavy (non-hydrogen) atoms. The van der Waals surface area contributed by atoms with Crippen molar-refractivity contribution in [3.8, 4) is 11.5 Å². The van der Waals surface area contributed by atoms with Gasteiger partial charge in [-0.25, -0.2) is 0 Å². The van der Waals surface area contributed by atoms with E-state index < -0.39 is 0 Å². The molecule has 4 heteroatoms. The van der Waals surface area contributed by atoms with Crippen LogP contribution in [0.15, 0.2) is 46.9 Å². The van der Waals surface area contributed by atoms with Gasteiger partial charge in [0, 0.05) is 28.1 Å². The molecule has 2 aromatic carbocycles. The molecular formula is C17H18BrNO2. The largest absolute Gasteiger partial charge is 0.493 e. The maximum absolute atomic E-state index is 6.31. The minimum absolute atomic E-state index is 0.0264. The molecule has 0 saturated heterocycles. The minimum Gasteiger partial charge on any atom is -0.493 e. The second kappa shape index (κ2) is 6.08. The zero-order chi connectivity index (χ0) is 14.8. The Morgan fingerprint density at radius 1 is 1.24 bits per heavy atom. The molecule has 0 aliphatic carbocycles. The van der Waals surface area contributed by atoms with E-state index in [1.54, 1.807) is 0 Å². The number of rotatable bonds is 3. The van der Waals surface area contributed by atoms with Gasteiger partial charge in [0.15, 0.2) is 0 Å². The lowest BCUT2D eigenvalue weighted by Crippen LogP contribution is -2.24. The molecule has 0 bridgehead atoms. The van der Waals surface area contributed by atoms with Gasteiger partial charge in [0.05, 0.1) is 6.61 Å². The van der Waals surface area contributed by atoms with Gasteiger partial charge in [0.1, 0.15) is 17.6 Å². The second-order valence-electron chi connectivity index (χ2n) is 5.10. The molecule has 0 radical (unpaired) electrons. The van der Waals surface area contributed by atoms with Crippen molar-refractivity contribution in [3.63, 3.8) is 0 Å². The van der Waals surface area contributed by atoms with Crippen LogP contribution in [0.4, 0.5) is 0 Å². The van der Waals surface area contributed by atoms with Crippen molar-refractivity contribution in [2.24, 2.45) is 5.73 Å². The molecule has 0 saturated carbocycles. The number of fused-ring (bicyclic) bond motifs is 1. The van der Waals surface area contributed by atoms with E-state index in [4.69, 9.17) is 15.2 Å². The SMILES string of the molecule is CCOc1ccccc1C1C[C@@H](N)c2ccc(Br)cc2O1. The first-order valence-electron chi connectivity index (χ1n) is 7.12. The Kier molecular flexibility index (Phi) is 4.17. The molecule has 1 heterocycles. The van der Waals surface area contributed by atoms with E-state index in [9.17, 15) is 0 Å². The van der Waals surface area contributed by atoms with Crippen molar-refractivity contribution in [1.82, 2.24) is 0 Å². The lowest BCUT2D eigenvalue weighted by atomic mass is 9.93. The zero-order valence-corrected chi connectivity index (χ0v) is 13.5. The lowest BCUT2D eigenvalue weighted by Gasteiger charge is -2.31. The molecule has 110 valence electrons. The normalized spacial score (nSPS) is 20.5. The minimum atomic E-state index is -0.0791. The fourth-order valence-corrected chi connectivity index (χ4v) is 3.04. The van der Waals surface area contributed by atoms with E-state index in [0.29, 0.717) is 6.61 Å². The third kappa shape index (κ3) is 2.92. The average molecular weight is 348 g/mol. The topological polar surface area (TPSA) is 44.5 Å². The molecule has 3 rings (SSSR count). The monoisotopic (exact) mass is 347 g/mol. The highest BCUT2D eigenvalue weighted by Gasteiger charge is 2.28. The van der Waals surface area contributed by atoms with Gasteiger partial charge >= 0.3 is 0 Å². The molecule has 0 amide bonds. The van der Waals surface area contributed by atoms with Crippen LogP contribution >= 0.6 is 15.9 Å². The standard InChI is InChI=1S/C17H18BrNO2/c1-2-20-15-6-4-3-5-13(15)17-10-14(19)12-8-7-11(18)9-16(12)21-17/h3-9,14,17H,2,10,19H2,1H3/t14-,17?/m1/s1. The summed E-state index contributed by atoms with van der Waals surface area (Å²) >= 11 is 3.48. The van der Waals surface area contributed by atoms with Crippen LogP contribution in [0.5, 0.6) is 11.5 Å². The van der Waals surface area contributed by atoms with Crippen LogP contribution in [-0.2, 0) is 0 Å². The Morgan fingerprint density at radius 2 is 2.05 bits per heavy atom. The van der Waals surface area contributed by atoms with Gasteiger partial charge in [-0.1, -0.05) is 40.2 Å². The molecule has 0 aromatic heterocycles. The van der Waals surface area contributed by atoms with Gasteiger partial charge in [-0.15, -0.1) is 0 Å². The molecule has 1 unspecified atom stereocenters. The molecule has 0 spiro atoms. The van der Waals surface area contributed by atoms with Crippen molar-refractivity contribution in [2.75, 3.05) is 6.61 Å². The molecular weight excluding hydrogens is 330 g/mol. The predicted octanol–water partition coefficient (Wildman–Crippen LogP) is 4.37. The highest BCUT2D eigenvalue weighted by molar-refractivity contribution is 9.10. The molecule has 3 nitrogen and oxygen atoms in total. The smallest absolute Gasteiger partial charge is 0.129 e. The average Bonchev–Trinajstić information content (AvgIpc) is 2.47. The summed E-state index contributed by atoms with van der Waals surface area (Å²) in [5.74, 6) is 1.72. The fraction of sp³-hybridized carbons (Fsp3) is 0.294. The molecule has 1 aliphatic rings. The van der Waals surface area contributed by atoms with Gasteiger partial charge in [0.2, 0.25) is 0 Å². The maximum atomic E-state index is 6.31. The number of ether oxygens (including phenoxy) is 2. The highest BCUT2D eigenvalue weighted by atomic mass is 79.9. The van der Waals surface area contributed by atoms with E-state index in [-0.39, 0.29) is 12.1 Å². The van der Waals surface area contributed by atoms with Crippen LogP contribution < -0.4 is 15.2 Å². The summed E-state index contributed by atoms with van der Waals surface area (Å²) in [5, 5.41) is 0. The second-order valence-corrected chi connectivity index (χ2v) is 6.02. The summed E-state index contributed by atoms with van der Waals surface area (Å²) in [6, 6.07) is 14.0. The van der Waals surface area contributed by atoms with Crippen molar-refractivity contribution in [2.45, 2.75) is 25.5 Å². The van der Waals surface area contributed by atoms with Gasteiger partial charge in [-0.3, -0.25) is 0 Å². The molecule has 0 fully saturated rings. The van der Waals surface area contributed by atoms with E-state index in [0.717, 1.165) is 33.5 Å². The Labute approximate surface area is 133 Å². The first kappa shape index (κ1) is 14.4. The summed E-state index contributed by atoms with van der Waals surface area (Å²) in [4.78, 5) is 0. The molecule has 2 aromatic rings. The van der Waals surface area contributed by atoms with Crippen LogP contribution in [0.3, 0.4) is 0 Å². The molecule has 2 atom stereocenters. The fourth-order valence-electron chi connectivity index (χ4n) is 2.70. The van der Waals surface area contributed by atoms with Crippen molar-refractivity contribution in [1.29, 1.82) is 0 Å². The number of hydrogen-bond donors (Lipinski definition) is 1. The third-order valence-corrected chi connectivity index (χ3v) is 4.17. The maximum Gasteiger partial charge on any atom is 0.129 e. The molecule has 1 aliphatic heterocycles. The van der Waals surface area contributed by atoms with Crippen molar-refractivity contribution >= 4 is 15.9 Å². The number of benzene rings is 2. The van der Waals surface area contributed by atoms with Crippen LogP contribution in [0.25, 0.3) is 0 Å². The van der Waals surface area contributed by atoms with Crippen LogP contribution in [0, 0.1) is 0 Å². The summed E-state index contributed by atoms with van der Waals surface area (Å²) in [6.45, 7) is 2.62. The van der Waals surface area contributed by atoms with Gasteiger partial charge in [-0.05, 0) is 25.1 Å². The van der Waals surface area contributed by atoms with Gasteiger partial charge in [0.25, 0.3) is 0 Å². The highest BCUT2D eigenvalue weighted by Crippen LogP contribution is 2.42. The summed E-state index contributed by atoms with van der Waals surface area (Å²) in [5.41, 5.74) is 8.43. The zero-order valence-electron chi connectivity index (χ0n) is 11.9. The van der Waals surface area contributed by atoms with Gasteiger partial charge in [-0.2, -0.15) is 0 Å². The van der Waals surface area contributed by atoms with E-state index >= 15 is 0 Å². The Balaban J connectivity index is 1.95. The van der Waals surface area contributed by atoms with Gasteiger partial charge < -0.3 is 15.2 Å². The van der Waals surface area contributed by atoms with E-state index in [1.807, 2.05) is 49.4 Å². The van der Waals surface area contributed by atoms with Crippen LogP contribution in [0.2, 0.25) is 0 Å². The third-order valence-electron chi connectivity index (χ3n) is 3.68. The Hall–Kier alpha value is -1.52. The number of hydrogen-bond acceptors (Lipinski definition) is 3. The van der Waals surface area contributed by atoms with Crippen molar-refractivity contribution < 1.29 is 9.47 Å². The first-order valence-corrected chi connectivity index (χ1v) is 7.91. The number of halogens is 1. The van der Waals surface area contributed by atoms with Crippen LogP contribution in [-0.4, -0.2) is 6.61 Å². The quantitative estimate of drug-likeness (QED) is 0.896. The lowest BCUT2D eigenvalue weighted by molar-refractivity contribution is 0.156. The number of para-hydroxylation sites is 1. The predicted molar refractivity (Wildman–Crippen MR) is 86.7 cm³/mol. The Morgan fingerprint density at radius 3 is 2.86 bits per heavy atom. The summed E-state index contributed by atoms with van der Waals surface area (Å²) in [7, 11) is 0.